The first-order valence-electron chi connectivity index (χ1n) is 6.40. The zero-order chi connectivity index (χ0) is 13.3. The van der Waals surface area contributed by atoms with Crippen LogP contribution in [0.15, 0.2) is 0 Å². The zero-order valence-corrected chi connectivity index (χ0v) is 12.8. The van der Waals surface area contributed by atoms with Gasteiger partial charge in [-0.25, -0.2) is 0 Å². The van der Waals surface area contributed by atoms with Crippen molar-refractivity contribution >= 4 is 10.8 Å². The van der Waals surface area contributed by atoms with E-state index in [9.17, 15) is 4.21 Å². The van der Waals surface area contributed by atoms with Gasteiger partial charge in [0.1, 0.15) is 0 Å². The molecule has 0 saturated carbocycles. The smallest absolute Gasteiger partial charge is 0.0787 e. The van der Waals surface area contributed by atoms with Crippen LogP contribution in [0.2, 0.25) is 0 Å². The molecular formula is C13H27NO2S. The molecule has 0 radical (unpaired) electrons. The van der Waals surface area contributed by atoms with Crippen molar-refractivity contribution in [1.29, 1.82) is 0 Å². The van der Waals surface area contributed by atoms with Gasteiger partial charge in [-0.15, -0.1) is 0 Å². The molecule has 1 aliphatic heterocycles. The van der Waals surface area contributed by atoms with Crippen molar-refractivity contribution in [1.82, 2.24) is 5.32 Å². The van der Waals surface area contributed by atoms with E-state index in [0.717, 1.165) is 19.4 Å². The van der Waals surface area contributed by atoms with Gasteiger partial charge in [-0.05, 0) is 47.1 Å². The Hall–Kier alpha value is 0.0700. The second-order valence-corrected chi connectivity index (χ2v) is 8.08. The summed E-state index contributed by atoms with van der Waals surface area (Å²) in [5.41, 5.74) is -0.154. The Kier molecular flexibility index (Phi) is 4.78. The number of nitrogens with one attached hydrogen (secondary N) is 1. The van der Waals surface area contributed by atoms with Crippen LogP contribution >= 0.6 is 0 Å². The molecule has 0 aromatic rings. The lowest BCUT2D eigenvalue weighted by Crippen LogP contribution is -2.44. The van der Waals surface area contributed by atoms with Crippen LogP contribution in [0.4, 0.5) is 0 Å². The normalized spacial score (nSPS) is 30.1. The molecule has 1 N–H and O–H groups in total. The SMILES string of the molecule is CC(CCNC1CC(C)(C)OC1(C)C)S(C)=O. The molecule has 4 heteroatoms. The molecule has 1 fully saturated rings. The molecule has 1 heterocycles. The van der Waals surface area contributed by atoms with Gasteiger partial charge < -0.3 is 10.1 Å². The molecule has 1 saturated heterocycles. The Morgan fingerprint density at radius 3 is 2.41 bits per heavy atom. The van der Waals surface area contributed by atoms with Crippen LogP contribution in [0.5, 0.6) is 0 Å². The molecule has 0 aromatic heterocycles. The van der Waals surface area contributed by atoms with Gasteiger partial charge in [-0.2, -0.15) is 0 Å². The first-order valence-corrected chi connectivity index (χ1v) is 8.02. The molecule has 3 atom stereocenters. The number of hydrogen-bond donors (Lipinski definition) is 1. The molecular weight excluding hydrogens is 234 g/mol. The molecule has 0 bridgehead atoms. The van der Waals surface area contributed by atoms with Crippen LogP contribution in [-0.4, -0.2) is 39.5 Å². The van der Waals surface area contributed by atoms with Crippen molar-refractivity contribution in [3.63, 3.8) is 0 Å². The van der Waals surface area contributed by atoms with Gasteiger partial charge >= 0.3 is 0 Å². The summed E-state index contributed by atoms with van der Waals surface area (Å²) in [6.07, 6.45) is 3.76. The summed E-state index contributed by atoms with van der Waals surface area (Å²) in [5.74, 6) is 0. The summed E-state index contributed by atoms with van der Waals surface area (Å²) in [7, 11) is -0.719. The van der Waals surface area contributed by atoms with Crippen molar-refractivity contribution in [3.05, 3.63) is 0 Å². The fraction of sp³-hybridized carbons (Fsp3) is 1.00. The molecule has 0 aliphatic carbocycles. The van der Waals surface area contributed by atoms with Crippen molar-refractivity contribution in [2.75, 3.05) is 12.8 Å². The van der Waals surface area contributed by atoms with Crippen LogP contribution in [0.3, 0.4) is 0 Å². The predicted molar refractivity (Wildman–Crippen MR) is 73.8 cm³/mol. The highest BCUT2D eigenvalue weighted by atomic mass is 32.2. The quantitative estimate of drug-likeness (QED) is 0.823. The lowest BCUT2D eigenvalue weighted by Gasteiger charge is -2.28. The highest BCUT2D eigenvalue weighted by Gasteiger charge is 2.45. The predicted octanol–water partition coefficient (Wildman–Crippen LogP) is 2.08. The Morgan fingerprint density at radius 2 is 2.00 bits per heavy atom. The molecule has 17 heavy (non-hydrogen) atoms. The van der Waals surface area contributed by atoms with Crippen LogP contribution in [0.1, 0.15) is 47.5 Å². The van der Waals surface area contributed by atoms with Gasteiger partial charge in [-0.3, -0.25) is 4.21 Å². The van der Waals surface area contributed by atoms with E-state index >= 15 is 0 Å². The highest BCUT2D eigenvalue weighted by Crippen LogP contribution is 2.37. The second kappa shape index (κ2) is 5.37. The standard InChI is InChI=1S/C13H27NO2S/c1-10(17(6)15)7-8-14-11-9-12(2,3)16-13(11,4)5/h10-11,14H,7-9H2,1-6H3. The molecule has 102 valence electrons. The summed E-state index contributed by atoms with van der Waals surface area (Å²) in [5, 5.41) is 3.82. The van der Waals surface area contributed by atoms with Crippen molar-refractivity contribution in [2.24, 2.45) is 0 Å². The fourth-order valence-corrected chi connectivity index (χ4v) is 2.96. The summed E-state index contributed by atoms with van der Waals surface area (Å²) in [4.78, 5) is 0. The van der Waals surface area contributed by atoms with Gasteiger partial charge in [0.05, 0.1) is 11.2 Å². The zero-order valence-electron chi connectivity index (χ0n) is 12.0. The van der Waals surface area contributed by atoms with Crippen LogP contribution in [-0.2, 0) is 15.5 Å². The van der Waals surface area contributed by atoms with Gasteiger partial charge in [-0.1, -0.05) is 6.92 Å². The Labute approximate surface area is 108 Å². The van der Waals surface area contributed by atoms with E-state index in [-0.39, 0.29) is 16.5 Å². The molecule has 0 amide bonds. The summed E-state index contributed by atoms with van der Waals surface area (Å²) < 4.78 is 17.3. The van der Waals surface area contributed by atoms with Gasteiger partial charge in [0.2, 0.25) is 0 Å². The molecule has 1 rings (SSSR count). The maximum Gasteiger partial charge on any atom is 0.0787 e. The maximum atomic E-state index is 11.3. The lowest BCUT2D eigenvalue weighted by molar-refractivity contribution is -0.0697. The molecule has 3 unspecified atom stereocenters. The second-order valence-electron chi connectivity index (χ2n) is 6.27. The van der Waals surface area contributed by atoms with E-state index in [1.165, 1.54) is 0 Å². The van der Waals surface area contributed by atoms with Gasteiger partial charge in [0.25, 0.3) is 0 Å². The van der Waals surface area contributed by atoms with E-state index in [4.69, 9.17) is 4.74 Å². The lowest BCUT2D eigenvalue weighted by atomic mass is 9.94. The Balaban J connectivity index is 2.40. The monoisotopic (exact) mass is 261 g/mol. The largest absolute Gasteiger partial charge is 0.368 e. The van der Waals surface area contributed by atoms with E-state index < -0.39 is 10.8 Å². The first kappa shape index (κ1) is 15.1. The van der Waals surface area contributed by atoms with E-state index in [1.807, 2.05) is 6.92 Å². The third kappa shape index (κ3) is 4.34. The van der Waals surface area contributed by atoms with Gasteiger partial charge in [0.15, 0.2) is 0 Å². The van der Waals surface area contributed by atoms with Crippen molar-refractivity contribution in [2.45, 2.75) is 70.0 Å². The summed E-state index contributed by atoms with van der Waals surface area (Å²) >= 11 is 0. The molecule has 0 aromatic carbocycles. The average Bonchev–Trinajstić information content (AvgIpc) is 2.33. The van der Waals surface area contributed by atoms with E-state index in [0.29, 0.717) is 6.04 Å². The van der Waals surface area contributed by atoms with Crippen molar-refractivity contribution < 1.29 is 8.95 Å². The number of ether oxygens (including phenoxy) is 1. The van der Waals surface area contributed by atoms with Crippen LogP contribution < -0.4 is 5.32 Å². The topological polar surface area (TPSA) is 38.3 Å². The molecule has 1 aliphatic rings. The van der Waals surface area contributed by atoms with Crippen LogP contribution in [0, 0.1) is 0 Å². The van der Waals surface area contributed by atoms with Gasteiger partial charge in [0, 0.05) is 28.3 Å². The number of hydrogen-bond acceptors (Lipinski definition) is 3. The summed E-state index contributed by atoms with van der Waals surface area (Å²) in [6.45, 7) is 11.5. The average molecular weight is 261 g/mol. The van der Waals surface area contributed by atoms with Crippen LogP contribution in [0.25, 0.3) is 0 Å². The Bertz CT molecular complexity index is 289. The minimum Gasteiger partial charge on any atom is -0.368 e. The summed E-state index contributed by atoms with van der Waals surface area (Å²) in [6, 6.07) is 0.384. The third-order valence-electron chi connectivity index (χ3n) is 3.58. The molecule has 0 spiro atoms. The first-order chi connectivity index (χ1) is 7.64. The van der Waals surface area contributed by atoms with Crippen molar-refractivity contribution in [3.8, 4) is 0 Å². The maximum absolute atomic E-state index is 11.3. The molecule has 3 nitrogen and oxygen atoms in total. The number of rotatable bonds is 5. The van der Waals surface area contributed by atoms with E-state index in [1.54, 1.807) is 6.26 Å². The van der Waals surface area contributed by atoms with E-state index in [2.05, 4.69) is 33.0 Å². The highest BCUT2D eigenvalue weighted by molar-refractivity contribution is 7.84. The third-order valence-corrected chi connectivity index (χ3v) is 4.95. The fourth-order valence-electron chi connectivity index (χ4n) is 2.51. The minimum atomic E-state index is -0.719. The Morgan fingerprint density at radius 1 is 1.41 bits per heavy atom. The minimum absolute atomic E-state index is 0.0413.